The predicted octanol–water partition coefficient (Wildman–Crippen LogP) is 5.32. The number of carbonyl (C=O) groups excluding carboxylic acids is 1. The average molecular weight is 483 g/mol. The van der Waals surface area contributed by atoms with Crippen LogP contribution in [0.5, 0.6) is 11.5 Å². The number of nitrogens with zero attached hydrogens (tertiary/aromatic N) is 2. The third-order valence-electron chi connectivity index (χ3n) is 4.83. The number of methoxy groups -OCH3 is 1. The second kappa shape index (κ2) is 9.72. The third-order valence-corrected chi connectivity index (χ3v) is 5.15. The Morgan fingerprint density at radius 3 is 2.65 bits per heavy atom. The summed E-state index contributed by atoms with van der Waals surface area (Å²) in [5, 5.41) is 11.1. The van der Waals surface area contributed by atoms with Gasteiger partial charge in [-0.05, 0) is 42.0 Å². The van der Waals surface area contributed by atoms with Gasteiger partial charge in [0.1, 0.15) is 17.4 Å². The molecule has 0 aromatic heterocycles. The molecule has 3 aromatic carbocycles. The highest BCUT2D eigenvalue weighted by molar-refractivity contribution is 6.32. The molecule has 0 N–H and O–H groups in total. The normalized spacial score (nSPS) is 14.0. The van der Waals surface area contributed by atoms with Crippen LogP contribution in [0.4, 0.5) is 10.1 Å². The molecule has 34 heavy (non-hydrogen) atoms. The minimum Gasteiger partial charge on any atom is -0.493 e. The van der Waals surface area contributed by atoms with Crippen LogP contribution in [0.15, 0.2) is 71.4 Å². The lowest BCUT2D eigenvalue weighted by Gasteiger charge is -2.13. The Bertz CT molecular complexity index is 1340. The van der Waals surface area contributed by atoms with E-state index in [1.807, 2.05) is 0 Å². The van der Waals surface area contributed by atoms with Crippen LogP contribution in [0.25, 0.3) is 6.08 Å². The highest BCUT2D eigenvalue weighted by Gasteiger charge is 2.27. The number of para-hydroxylation sites is 1. The summed E-state index contributed by atoms with van der Waals surface area (Å²) in [6.07, 6.45) is 1.46. The summed E-state index contributed by atoms with van der Waals surface area (Å²) in [6.45, 7) is 0.129. The molecule has 0 atom stereocenters. The summed E-state index contributed by atoms with van der Waals surface area (Å²) in [6, 6.07) is 14.9. The van der Waals surface area contributed by atoms with Crippen LogP contribution in [0.1, 0.15) is 16.7 Å². The molecule has 0 saturated carbocycles. The molecule has 0 spiro atoms. The molecular weight excluding hydrogens is 467 g/mol. The van der Waals surface area contributed by atoms with Crippen molar-refractivity contribution in [3.05, 3.63) is 104 Å². The average Bonchev–Trinajstić information content (AvgIpc) is 3.19. The fourth-order valence-corrected chi connectivity index (χ4v) is 3.35. The van der Waals surface area contributed by atoms with E-state index < -0.39 is 10.9 Å². The monoisotopic (exact) mass is 482 g/mol. The minimum absolute atomic E-state index is 0.0347. The van der Waals surface area contributed by atoms with E-state index in [2.05, 4.69) is 4.99 Å². The number of aliphatic imine (C=N–C) groups is 1. The van der Waals surface area contributed by atoms with Crippen molar-refractivity contribution >= 4 is 35.2 Å². The largest absolute Gasteiger partial charge is 0.493 e. The molecule has 0 unspecified atom stereocenters. The lowest BCUT2D eigenvalue weighted by atomic mass is 10.1. The van der Waals surface area contributed by atoms with Gasteiger partial charge < -0.3 is 14.2 Å². The third kappa shape index (κ3) is 4.89. The van der Waals surface area contributed by atoms with Crippen molar-refractivity contribution in [1.29, 1.82) is 0 Å². The fourth-order valence-electron chi connectivity index (χ4n) is 3.16. The molecule has 1 heterocycles. The molecule has 0 aliphatic carbocycles. The van der Waals surface area contributed by atoms with E-state index in [4.69, 9.17) is 25.8 Å². The zero-order valence-corrected chi connectivity index (χ0v) is 18.4. The molecule has 0 amide bonds. The van der Waals surface area contributed by atoms with Crippen molar-refractivity contribution in [3.63, 3.8) is 0 Å². The number of benzene rings is 3. The van der Waals surface area contributed by atoms with Gasteiger partial charge in [-0.15, -0.1) is 0 Å². The van der Waals surface area contributed by atoms with E-state index in [1.54, 1.807) is 30.3 Å². The number of nitro groups is 1. The standard InChI is InChI=1S/C24H16ClFN2O6/c1-32-21-4-2-3-15(22(21)33-13-14-5-8-17(26)9-6-14)11-19-24(29)34-23(27-19)16-7-10-18(25)20(12-16)28(30)31/h2-12H,13H2,1H3/b19-11-. The fraction of sp³-hybridized carbons (Fsp3) is 0.0833. The lowest BCUT2D eigenvalue weighted by Crippen LogP contribution is -2.06. The molecule has 4 rings (SSSR count). The maximum absolute atomic E-state index is 13.2. The predicted molar refractivity (Wildman–Crippen MR) is 122 cm³/mol. The number of carbonyl (C=O) groups is 1. The van der Waals surface area contributed by atoms with Crippen LogP contribution in [0, 0.1) is 15.9 Å². The van der Waals surface area contributed by atoms with Crippen LogP contribution < -0.4 is 9.47 Å². The molecule has 10 heteroatoms. The maximum atomic E-state index is 13.2. The van der Waals surface area contributed by atoms with Gasteiger partial charge in [-0.1, -0.05) is 35.9 Å². The van der Waals surface area contributed by atoms with E-state index in [0.29, 0.717) is 17.1 Å². The number of cyclic esters (lactones) is 1. The van der Waals surface area contributed by atoms with E-state index in [0.717, 1.165) is 5.56 Å². The Morgan fingerprint density at radius 2 is 1.94 bits per heavy atom. The quantitative estimate of drug-likeness (QED) is 0.195. The zero-order valence-electron chi connectivity index (χ0n) is 17.7. The lowest BCUT2D eigenvalue weighted by molar-refractivity contribution is -0.384. The van der Waals surface area contributed by atoms with Crippen molar-refractivity contribution in [1.82, 2.24) is 0 Å². The first-order valence-corrected chi connectivity index (χ1v) is 10.2. The smallest absolute Gasteiger partial charge is 0.363 e. The van der Waals surface area contributed by atoms with Crippen LogP contribution in [0.2, 0.25) is 5.02 Å². The van der Waals surface area contributed by atoms with Gasteiger partial charge in [0.25, 0.3) is 5.69 Å². The molecule has 0 radical (unpaired) electrons. The van der Waals surface area contributed by atoms with Crippen molar-refractivity contribution in [2.24, 2.45) is 4.99 Å². The van der Waals surface area contributed by atoms with Gasteiger partial charge in [-0.25, -0.2) is 14.2 Å². The summed E-state index contributed by atoms with van der Waals surface area (Å²) < 4.78 is 29.7. The molecule has 1 aliphatic heterocycles. The summed E-state index contributed by atoms with van der Waals surface area (Å²) in [4.78, 5) is 27.2. The van der Waals surface area contributed by atoms with Gasteiger partial charge >= 0.3 is 5.97 Å². The summed E-state index contributed by atoms with van der Waals surface area (Å²) in [7, 11) is 1.48. The number of halogens is 2. The van der Waals surface area contributed by atoms with Gasteiger partial charge in [0.2, 0.25) is 5.90 Å². The Balaban J connectivity index is 1.66. The molecule has 0 saturated heterocycles. The molecular formula is C24H16ClFN2O6. The number of rotatable bonds is 7. The number of hydrogen-bond donors (Lipinski definition) is 0. The van der Waals surface area contributed by atoms with E-state index in [9.17, 15) is 19.3 Å². The van der Waals surface area contributed by atoms with Crippen LogP contribution in [-0.2, 0) is 16.1 Å². The zero-order chi connectivity index (χ0) is 24.2. The van der Waals surface area contributed by atoms with E-state index >= 15 is 0 Å². The van der Waals surface area contributed by atoms with Crippen molar-refractivity contribution in [2.45, 2.75) is 6.61 Å². The number of hydrogen-bond acceptors (Lipinski definition) is 7. The minimum atomic E-state index is -0.736. The molecule has 8 nitrogen and oxygen atoms in total. The first kappa shape index (κ1) is 22.9. The first-order chi connectivity index (χ1) is 16.4. The van der Waals surface area contributed by atoms with Crippen molar-refractivity contribution in [3.8, 4) is 11.5 Å². The Kier molecular flexibility index (Phi) is 6.55. The van der Waals surface area contributed by atoms with Crippen molar-refractivity contribution < 1.29 is 28.3 Å². The highest BCUT2D eigenvalue weighted by atomic mass is 35.5. The highest BCUT2D eigenvalue weighted by Crippen LogP contribution is 2.34. The van der Waals surface area contributed by atoms with Gasteiger partial charge in [0.15, 0.2) is 17.2 Å². The topological polar surface area (TPSA) is 100 Å². The molecule has 3 aromatic rings. The number of ether oxygens (including phenoxy) is 3. The Morgan fingerprint density at radius 1 is 1.18 bits per heavy atom. The van der Waals surface area contributed by atoms with Crippen molar-refractivity contribution in [2.75, 3.05) is 7.11 Å². The van der Waals surface area contributed by atoms with Gasteiger partial charge in [0, 0.05) is 17.2 Å². The Hall–Kier alpha value is -4.24. The van der Waals surface area contributed by atoms with Gasteiger partial charge in [0.05, 0.1) is 12.0 Å². The van der Waals surface area contributed by atoms with Crippen LogP contribution in [0.3, 0.4) is 0 Å². The first-order valence-electron chi connectivity index (χ1n) is 9.87. The molecule has 172 valence electrons. The van der Waals surface area contributed by atoms with E-state index in [-0.39, 0.29) is 40.3 Å². The van der Waals surface area contributed by atoms with Gasteiger partial charge in [-0.2, -0.15) is 0 Å². The molecule has 0 bridgehead atoms. The summed E-state index contributed by atoms with van der Waals surface area (Å²) in [5.74, 6) is -0.417. The number of nitro benzene ring substituents is 1. The molecule has 1 aliphatic rings. The Labute approximate surface area is 198 Å². The maximum Gasteiger partial charge on any atom is 0.363 e. The van der Waals surface area contributed by atoms with Gasteiger partial charge in [-0.3, -0.25) is 10.1 Å². The summed E-state index contributed by atoms with van der Waals surface area (Å²) >= 11 is 5.85. The number of esters is 1. The van der Waals surface area contributed by atoms with E-state index in [1.165, 1.54) is 43.5 Å². The molecule has 0 fully saturated rings. The SMILES string of the molecule is COc1cccc(/C=C2\N=C(c3ccc(Cl)c([N+](=O)[O-])c3)OC2=O)c1OCc1ccc(F)cc1. The summed E-state index contributed by atoms with van der Waals surface area (Å²) in [5.41, 5.74) is 1.08. The van der Waals surface area contributed by atoms with Crippen LogP contribution >= 0.6 is 11.6 Å². The second-order valence-corrected chi connectivity index (χ2v) is 7.46. The van der Waals surface area contributed by atoms with Crippen LogP contribution in [-0.4, -0.2) is 23.9 Å². The second-order valence-electron chi connectivity index (χ2n) is 7.05.